The number of halogens is 1. The summed E-state index contributed by atoms with van der Waals surface area (Å²) in [5, 5.41) is 5.58. The van der Waals surface area contributed by atoms with Crippen LogP contribution in [0.2, 0.25) is 5.02 Å². The molecule has 0 spiro atoms. The summed E-state index contributed by atoms with van der Waals surface area (Å²) < 4.78 is 0. The van der Waals surface area contributed by atoms with Crippen molar-refractivity contribution in [3.8, 4) is 0 Å². The van der Waals surface area contributed by atoms with E-state index in [4.69, 9.17) is 17.3 Å². The fraction of sp³-hybridized carbons (Fsp3) is 0.524. The summed E-state index contributed by atoms with van der Waals surface area (Å²) in [4.78, 5) is 50.3. The van der Waals surface area contributed by atoms with Crippen molar-refractivity contribution in [2.75, 3.05) is 18.4 Å². The normalized spacial score (nSPS) is 19.7. The fourth-order valence-electron chi connectivity index (χ4n) is 3.82. The molecule has 1 saturated heterocycles. The molecule has 1 aliphatic rings. The van der Waals surface area contributed by atoms with Gasteiger partial charge in [-0.2, -0.15) is 0 Å². The van der Waals surface area contributed by atoms with Crippen LogP contribution in [-0.2, 0) is 14.4 Å². The number of amides is 4. The maximum atomic E-state index is 13.2. The number of carbonyl (C=O) groups excluding carboxylic acids is 4. The zero-order chi connectivity index (χ0) is 22.4. The van der Waals surface area contributed by atoms with Gasteiger partial charge in [-0.05, 0) is 42.9 Å². The minimum Gasteiger partial charge on any atom is -0.370 e. The van der Waals surface area contributed by atoms with Crippen molar-refractivity contribution in [1.29, 1.82) is 0 Å². The first kappa shape index (κ1) is 23.7. The number of nitrogens with zero attached hydrogens (tertiary/aromatic N) is 1. The third-order valence-corrected chi connectivity index (χ3v) is 5.23. The van der Waals surface area contributed by atoms with E-state index >= 15 is 0 Å². The van der Waals surface area contributed by atoms with Crippen molar-refractivity contribution in [2.45, 2.75) is 46.1 Å². The molecule has 4 amide bonds. The number of benzene rings is 1. The van der Waals surface area contributed by atoms with Crippen LogP contribution < -0.4 is 16.4 Å². The molecule has 1 aromatic rings. The molecule has 8 nitrogen and oxygen atoms in total. The number of carbonyl (C=O) groups is 4. The van der Waals surface area contributed by atoms with E-state index in [1.54, 1.807) is 17.0 Å². The average molecular weight is 437 g/mol. The second-order valence-electron chi connectivity index (χ2n) is 8.09. The molecule has 0 saturated carbocycles. The molecular formula is C21H29ClN4O4. The Kier molecular flexibility index (Phi) is 8.23. The van der Waals surface area contributed by atoms with Crippen LogP contribution in [0.4, 0.5) is 5.69 Å². The van der Waals surface area contributed by atoms with Crippen molar-refractivity contribution < 1.29 is 19.2 Å². The predicted molar refractivity (Wildman–Crippen MR) is 115 cm³/mol. The number of hydrogen-bond donors (Lipinski definition) is 3. The van der Waals surface area contributed by atoms with Gasteiger partial charge in [-0.3, -0.25) is 19.2 Å². The average Bonchev–Trinajstić information content (AvgIpc) is 2.64. The summed E-state index contributed by atoms with van der Waals surface area (Å²) in [7, 11) is 0. The van der Waals surface area contributed by atoms with Crippen LogP contribution in [0.1, 0.15) is 50.4 Å². The fourth-order valence-corrected chi connectivity index (χ4v) is 3.99. The van der Waals surface area contributed by atoms with Gasteiger partial charge in [0.2, 0.25) is 17.7 Å². The SMILES string of the molecule is CC(=O)N[C@@H](CCC(N)=O)C(=O)Nc1ccc(Cl)cc1C(=O)N1C[C@H](C)C[C@H](C)C1. The first-order chi connectivity index (χ1) is 14.1. The van der Waals surface area contributed by atoms with Gasteiger partial charge in [0.15, 0.2) is 0 Å². The molecule has 0 aliphatic carbocycles. The summed E-state index contributed by atoms with van der Waals surface area (Å²) in [5.41, 5.74) is 5.75. The maximum Gasteiger partial charge on any atom is 0.256 e. The summed E-state index contributed by atoms with van der Waals surface area (Å²) in [5.74, 6) is -0.972. The van der Waals surface area contributed by atoms with Crippen molar-refractivity contribution >= 4 is 40.9 Å². The summed E-state index contributed by atoms with van der Waals surface area (Å²) in [6, 6.07) is 3.71. The van der Waals surface area contributed by atoms with Gasteiger partial charge in [0.1, 0.15) is 6.04 Å². The quantitative estimate of drug-likeness (QED) is 0.606. The van der Waals surface area contributed by atoms with Gasteiger partial charge in [0, 0.05) is 31.5 Å². The zero-order valence-electron chi connectivity index (χ0n) is 17.5. The number of nitrogens with one attached hydrogen (secondary N) is 2. The minimum atomic E-state index is -0.955. The minimum absolute atomic E-state index is 0.0543. The predicted octanol–water partition coefficient (Wildman–Crippen LogP) is 2.17. The van der Waals surface area contributed by atoms with Gasteiger partial charge >= 0.3 is 0 Å². The molecule has 2 rings (SSSR count). The van der Waals surface area contributed by atoms with Crippen LogP contribution in [0.15, 0.2) is 18.2 Å². The van der Waals surface area contributed by atoms with E-state index in [2.05, 4.69) is 24.5 Å². The first-order valence-electron chi connectivity index (χ1n) is 10.0. The Hall–Kier alpha value is -2.61. The Morgan fingerprint density at radius 3 is 2.40 bits per heavy atom. The standard InChI is InChI=1S/C21H29ClN4O4/c1-12-8-13(2)11-26(10-12)21(30)16-9-15(22)4-5-17(16)25-20(29)18(24-14(3)27)6-7-19(23)28/h4-5,9,12-13,18H,6-8,10-11H2,1-3H3,(H2,23,28)(H,24,27)(H,25,29)/t12-,13+,18-/m0/s1. The molecule has 3 atom stereocenters. The lowest BCUT2D eigenvalue weighted by Crippen LogP contribution is -2.44. The van der Waals surface area contributed by atoms with Gasteiger partial charge in [0.05, 0.1) is 11.3 Å². The van der Waals surface area contributed by atoms with Gasteiger partial charge in [0.25, 0.3) is 5.91 Å². The van der Waals surface area contributed by atoms with Crippen molar-refractivity contribution in [3.05, 3.63) is 28.8 Å². The Bertz CT molecular complexity index is 819. The lowest BCUT2D eigenvalue weighted by atomic mass is 9.91. The van der Waals surface area contributed by atoms with Crippen LogP contribution in [0.5, 0.6) is 0 Å². The van der Waals surface area contributed by atoms with Gasteiger partial charge < -0.3 is 21.3 Å². The van der Waals surface area contributed by atoms with E-state index in [-0.39, 0.29) is 24.3 Å². The smallest absolute Gasteiger partial charge is 0.256 e. The number of nitrogens with two attached hydrogens (primary N) is 1. The molecule has 9 heteroatoms. The highest BCUT2D eigenvalue weighted by atomic mass is 35.5. The Balaban J connectivity index is 2.24. The first-order valence-corrected chi connectivity index (χ1v) is 10.4. The lowest BCUT2D eigenvalue weighted by Gasteiger charge is -2.35. The van der Waals surface area contributed by atoms with Crippen LogP contribution >= 0.6 is 11.6 Å². The van der Waals surface area contributed by atoms with Crippen molar-refractivity contribution in [1.82, 2.24) is 10.2 Å². The molecule has 1 aromatic carbocycles. The Labute approximate surface area is 181 Å². The molecular weight excluding hydrogens is 408 g/mol. The Morgan fingerprint density at radius 2 is 1.83 bits per heavy atom. The molecule has 0 aromatic heterocycles. The number of rotatable bonds is 7. The lowest BCUT2D eigenvalue weighted by molar-refractivity contribution is -0.126. The summed E-state index contributed by atoms with van der Waals surface area (Å²) in [6.45, 7) is 6.76. The Morgan fingerprint density at radius 1 is 1.20 bits per heavy atom. The highest BCUT2D eigenvalue weighted by molar-refractivity contribution is 6.31. The van der Waals surface area contributed by atoms with Crippen molar-refractivity contribution in [2.24, 2.45) is 17.6 Å². The molecule has 0 unspecified atom stereocenters. The van der Waals surface area contributed by atoms with Crippen LogP contribution in [0, 0.1) is 11.8 Å². The zero-order valence-corrected chi connectivity index (χ0v) is 18.3. The van der Waals surface area contributed by atoms with E-state index in [1.165, 1.54) is 13.0 Å². The highest BCUT2D eigenvalue weighted by Crippen LogP contribution is 2.27. The molecule has 0 bridgehead atoms. The third-order valence-electron chi connectivity index (χ3n) is 5.00. The number of likely N-dealkylation sites (tertiary alicyclic amines) is 1. The van der Waals surface area contributed by atoms with Crippen LogP contribution in [0.3, 0.4) is 0 Å². The van der Waals surface area contributed by atoms with E-state index in [1.807, 2.05) is 0 Å². The van der Waals surface area contributed by atoms with Gasteiger partial charge in [-0.1, -0.05) is 25.4 Å². The van der Waals surface area contributed by atoms with E-state index in [0.717, 1.165) is 6.42 Å². The molecule has 1 fully saturated rings. The second kappa shape index (κ2) is 10.4. The monoisotopic (exact) mass is 436 g/mol. The second-order valence-corrected chi connectivity index (χ2v) is 8.53. The van der Waals surface area contributed by atoms with Crippen LogP contribution in [0.25, 0.3) is 0 Å². The number of hydrogen-bond acceptors (Lipinski definition) is 4. The van der Waals surface area contributed by atoms with Gasteiger partial charge in [-0.25, -0.2) is 0 Å². The van der Waals surface area contributed by atoms with Crippen LogP contribution in [-0.4, -0.2) is 47.7 Å². The van der Waals surface area contributed by atoms with E-state index in [0.29, 0.717) is 35.6 Å². The van der Waals surface area contributed by atoms with Crippen molar-refractivity contribution in [3.63, 3.8) is 0 Å². The summed E-state index contributed by atoms with van der Waals surface area (Å²) in [6.07, 6.45) is 1.05. The number of piperidine rings is 1. The van der Waals surface area contributed by atoms with Gasteiger partial charge in [-0.15, -0.1) is 0 Å². The molecule has 4 N–H and O–H groups in total. The number of primary amides is 1. The molecule has 30 heavy (non-hydrogen) atoms. The summed E-state index contributed by atoms with van der Waals surface area (Å²) >= 11 is 6.12. The third kappa shape index (κ3) is 6.73. The molecule has 164 valence electrons. The highest BCUT2D eigenvalue weighted by Gasteiger charge is 2.29. The van der Waals surface area contributed by atoms with E-state index < -0.39 is 23.8 Å². The topological polar surface area (TPSA) is 122 Å². The van der Waals surface area contributed by atoms with E-state index in [9.17, 15) is 19.2 Å². The largest absolute Gasteiger partial charge is 0.370 e. The maximum absolute atomic E-state index is 13.2. The molecule has 1 heterocycles. The molecule has 0 radical (unpaired) electrons. The number of anilines is 1. The molecule has 1 aliphatic heterocycles.